The summed E-state index contributed by atoms with van der Waals surface area (Å²) in [6.45, 7) is 1.93. The molecule has 6 heteroatoms. The molecule has 0 aromatic heterocycles. The van der Waals surface area contributed by atoms with E-state index in [2.05, 4.69) is 5.32 Å². The molecule has 1 unspecified atom stereocenters. The first-order chi connectivity index (χ1) is 13.5. The summed E-state index contributed by atoms with van der Waals surface area (Å²) in [5.41, 5.74) is 4.43. The van der Waals surface area contributed by atoms with Crippen LogP contribution < -0.4 is 10.1 Å². The highest BCUT2D eigenvalue weighted by molar-refractivity contribution is 7.86. The molecule has 1 aliphatic rings. The number of anilines is 2. The van der Waals surface area contributed by atoms with Gasteiger partial charge in [-0.1, -0.05) is 48.0 Å². The van der Waals surface area contributed by atoms with E-state index in [1.54, 1.807) is 12.1 Å². The third-order valence-electron chi connectivity index (χ3n) is 4.82. The Morgan fingerprint density at radius 2 is 1.82 bits per heavy atom. The lowest BCUT2D eigenvalue weighted by Gasteiger charge is -2.17. The first-order valence-electron chi connectivity index (χ1n) is 9.00. The lowest BCUT2D eigenvalue weighted by molar-refractivity contribution is 0.235. The van der Waals surface area contributed by atoms with E-state index in [0.717, 1.165) is 28.3 Å². The number of hydrogen-bond acceptors (Lipinski definition) is 5. The number of aryl methyl sites for hydroxylation is 1. The monoisotopic (exact) mass is 395 g/mol. The molecule has 0 radical (unpaired) electrons. The fourth-order valence-corrected chi connectivity index (χ4v) is 4.35. The Morgan fingerprint density at radius 3 is 2.57 bits per heavy atom. The molecule has 0 amide bonds. The molecule has 144 valence electrons. The van der Waals surface area contributed by atoms with Gasteiger partial charge < -0.3 is 10.1 Å². The summed E-state index contributed by atoms with van der Waals surface area (Å²) in [7, 11) is -2.65. The Balaban J connectivity index is 1.70. The van der Waals surface area contributed by atoms with Crippen molar-refractivity contribution in [3.63, 3.8) is 0 Å². The number of benzene rings is 3. The molecule has 0 saturated heterocycles. The van der Waals surface area contributed by atoms with Crippen LogP contribution in [0.15, 0.2) is 71.6 Å². The van der Waals surface area contributed by atoms with Gasteiger partial charge >= 0.3 is 0 Å². The van der Waals surface area contributed by atoms with Crippen molar-refractivity contribution < 1.29 is 17.3 Å². The normalized spacial score (nSPS) is 15.7. The van der Waals surface area contributed by atoms with Crippen LogP contribution in [0.1, 0.15) is 22.8 Å². The minimum Gasteiger partial charge on any atom is -0.483 e. The van der Waals surface area contributed by atoms with Crippen LogP contribution in [-0.2, 0) is 20.7 Å². The molecule has 5 nitrogen and oxygen atoms in total. The molecule has 0 bridgehead atoms. The predicted molar refractivity (Wildman–Crippen MR) is 109 cm³/mol. The van der Waals surface area contributed by atoms with Crippen molar-refractivity contribution in [3.05, 3.63) is 83.4 Å². The van der Waals surface area contributed by atoms with Crippen LogP contribution in [0.2, 0.25) is 0 Å². The average molecular weight is 395 g/mol. The van der Waals surface area contributed by atoms with Crippen LogP contribution in [0.25, 0.3) is 0 Å². The maximum Gasteiger partial charge on any atom is 0.297 e. The largest absolute Gasteiger partial charge is 0.483 e. The fraction of sp³-hybridized carbons (Fsp3) is 0.182. The van der Waals surface area contributed by atoms with Gasteiger partial charge in [-0.2, -0.15) is 8.42 Å². The van der Waals surface area contributed by atoms with E-state index in [9.17, 15) is 8.42 Å². The van der Waals surface area contributed by atoms with Crippen molar-refractivity contribution in [2.75, 3.05) is 12.4 Å². The summed E-state index contributed by atoms with van der Waals surface area (Å²) in [6.07, 6.45) is 0.198. The van der Waals surface area contributed by atoms with E-state index in [1.807, 2.05) is 61.5 Å². The first-order valence-corrected chi connectivity index (χ1v) is 10.4. The van der Waals surface area contributed by atoms with E-state index >= 15 is 0 Å². The van der Waals surface area contributed by atoms with Gasteiger partial charge in [-0.3, -0.25) is 4.18 Å². The van der Waals surface area contributed by atoms with Crippen molar-refractivity contribution in [1.82, 2.24) is 0 Å². The second-order valence-electron chi connectivity index (χ2n) is 6.76. The van der Waals surface area contributed by atoms with Crippen molar-refractivity contribution in [2.24, 2.45) is 0 Å². The molecule has 0 spiro atoms. The maximum atomic E-state index is 12.4. The third kappa shape index (κ3) is 3.48. The van der Waals surface area contributed by atoms with Gasteiger partial charge in [0.25, 0.3) is 10.1 Å². The maximum absolute atomic E-state index is 12.4. The lowest BCUT2D eigenvalue weighted by Crippen LogP contribution is -2.12. The van der Waals surface area contributed by atoms with Crippen LogP contribution in [0, 0.1) is 6.92 Å². The van der Waals surface area contributed by atoms with Gasteiger partial charge in [0.1, 0.15) is 16.7 Å². The minimum absolute atomic E-state index is 0.149. The number of ether oxygens (including phenoxy) is 1. The van der Waals surface area contributed by atoms with Gasteiger partial charge in [0.2, 0.25) is 0 Å². The molecular weight excluding hydrogens is 374 g/mol. The number of rotatable bonds is 5. The molecule has 3 aromatic carbocycles. The fourth-order valence-electron chi connectivity index (χ4n) is 3.45. The zero-order valence-electron chi connectivity index (χ0n) is 15.7. The Kier molecular flexibility index (Phi) is 4.83. The summed E-state index contributed by atoms with van der Waals surface area (Å²) >= 11 is 0. The highest BCUT2D eigenvalue weighted by Crippen LogP contribution is 2.44. The summed E-state index contributed by atoms with van der Waals surface area (Å²) in [5.74, 6) is 0.749. The second kappa shape index (κ2) is 7.30. The molecule has 28 heavy (non-hydrogen) atoms. The molecule has 0 fully saturated rings. The zero-order valence-corrected chi connectivity index (χ0v) is 16.5. The molecule has 0 aliphatic carbocycles. The Morgan fingerprint density at radius 1 is 1.04 bits per heavy atom. The van der Waals surface area contributed by atoms with Gasteiger partial charge in [0, 0.05) is 23.2 Å². The highest BCUT2D eigenvalue weighted by Gasteiger charge is 2.31. The minimum atomic E-state index is -3.82. The number of hydrogen-bond donors (Lipinski definition) is 1. The molecule has 1 heterocycles. The summed E-state index contributed by atoms with van der Waals surface area (Å²) in [5, 5.41) is 3.38. The van der Waals surface area contributed by atoms with Gasteiger partial charge in [0.05, 0.1) is 12.8 Å². The van der Waals surface area contributed by atoms with Gasteiger partial charge in [-0.05, 0) is 31.2 Å². The Hall–Kier alpha value is -2.83. The van der Waals surface area contributed by atoms with Crippen LogP contribution in [0.3, 0.4) is 0 Å². The number of nitrogens with one attached hydrogen (secondary N) is 1. The molecule has 1 atom stereocenters. The van der Waals surface area contributed by atoms with Crippen molar-refractivity contribution in [1.29, 1.82) is 0 Å². The number of para-hydroxylation sites is 2. The quantitative estimate of drug-likeness (QED) is 0.632. The lowest BCUT2D eigenvalue weighted by atomic mass is 10.0. The SMILES string of the molecule is COS(=O)(=O)c1ccc(C)cc1C1Cc2cccc(Nc3ccccc3)c2O1. The smallest absolute Gasteiger partial charge is 0.297 e. The summed E-state index contributed by atoms with van der Waals surface area (Å²) in [6, 6.07) is 21.0. The van der Waals surface area contributed by atoms with E-state index in [1.165, 1.54) is 7.11 Å². The van der Waals surface area contributed by atoms with Crippen molar-refractivity contribution in [3.8, 4) is 5.75 Å². The van der Waals surface area contributed by atoms with E-state index in [4.69, 9.17) is 8.92 Å². The standard InChI is InChI=1S/C22H21NO4S/c1-15-11-12-21(28(24,25)26-2)18(13-15)20-14-16-7-6-10-19(22(16)27-20)23-17-8-4-3-5-9-17/h3-13,20,23H,14H2,1-2H3. The van der Waals surface area contributed by atoms with Crippen LogP contribution >= 0.6 is 0 Å². The van der Waals surface area contributed by atoms with E-state index in [0.29, 0.717) is 12.0 Å². The third-order valence-corrected chi connectivity index (χ3v) is 6.17. The molecule has 0 saturated carbocycles. The molecule has 1 aliphatic heterocycles. The van der Waals surface area contributed by atoms with E-state index in [-0.39, 0.29) is 4.90 Å². The van der Waals surface area contributed by atoms with Gasteiger partial charge in [-0.25, -0.2) is 0 Å². The molecular formula is C22H21NO4S. The molecule has 3 aromatic rings. The van der Waals surface area contributed by atoms with Crippen molar-refractivity contribution in [2.45, 2.75) is 24.3 Å². The van der Waals surface area contributed by atoms with Crippen LogP contribution in [0.5, 0.6) is 5.75 Å². The topological polar surface area (TPSA) is 64.6 Å². The van der Waals surface area contributed by atoms with Gasteiger partial charge in [0.15, 0.2) is 0 Å². The van der Waals surface area contributed by atoms with Gasteiger partial charge in [-0.15, -0.1) is 0 Å². The van der Waals surface area contributed by atoms with Crippen molar-refractivity contribution >= 4 is 21.5 Å². The van der Waals surface area contributed by atoms with Crippen LogP contribution in [-0.4, -0.2) is 15.5 Å². The molecule has 1 N–H and O–H groups in total. The zero-order chi connectivity index (χ0) is 19.7. The predicted octanol–water partition coefficient (Wildman–Crippen LogP) is 4.75. The number of fused-ring (bicyclic) bond motifs is 1. The first kappa shape index (κ1) is 18.5. The Bertz CT molecular complexity index is 1110. The summed E-state index contributed by atoms with van der Waals surface area (Å²) in [4.78, 5) is 0.149. The average Bonchev–Trinajstić information content (AvgIpc) is 3.14. The summed E-state index contributed by atoms with van der Waals surface area (Å²) < 4.78 is 35.8. The van der Waals surface area contributed by atoms with Crippen LogP contribution in [0.4, 0.5) is 11.4 Å². The second-order valence-corrected chi connectivity index (χ2v) is 8.44. The highest BCUT2D eigenvalue weighted by atomic mass is 32.2. The Labute approximate surface area is 165 Å². The van der Waals surface area contributed by atoms with E-state index < -0.39 is 16.2 Å². The molecule has 4 rings (SSSR count).